The molecular formula is C21H32O8. The molecule has 0 spiro atoms. The molecule has 0 aliphatic heterocycles. The second kappa shape index (κ2) is 10.7. The first kappa shape index (κ1) is 23.3. The van der Waals surface area contributed by atoms with Gasteiger partial charge in [-0.2, -0.15) is 4.89 Å². The summed E-state index contributed by atoms with van der Waals surface area (Å²) in [5.74, 6) is -3.99. The normalized spacial score (nSPS) is 23.2. The van der Waals surface area contributed by atoms with E-state index in [1.54, 1.807) is 13.8 Å². The van der Waals surface area contributed by atoms with Gasteiger partial charge in [-0.15, -0.1) is 0 Å². The molecule has 0 aromatic carbocycles. The molecule has 2 aliphatic rings. The highest BCUT2D eigenvalue weighted by molar-refractivity contribution is 6.34. The van der Waals surface area contributed by atoms with Gasteiger partial charge in [-0.25, -0.2) is 4.79 Å². The van der Waals surface area contributed by atoms with Crippen molar-refractivity contribution in [2.45, 2.75) is 83.7 Å². The molecule has 164 valence electrons. The van der Waals surface area contributed by atoms with Crippen molar-refractivity contribution in [3.8, 4) is 0 Å². The molecule has 29 heavy (non-hydrogen) atoms. The number of Topliss-reactive ketones (excluding diaryl/α,β-unsaturated/α-hetero) is 1. The largest absolute Gasteiger partial charge is 0.481 e. The SMILES string of the molecule is CC(C)(CCOC(=O)C1CCCC(C(=O)O)C1)OOC(=O)C(=O)C1CCCCC1. The fourth-order valence-electron chi connectivity index (χ4n) is 3.91. The van der Waals surface area contributed by atoms with E-state index in [2.05, 4.69) is 0 Å². The summed E-state index contributed by atoms with van der Waals surface area (Å²) < 4.78 is 5.28. The molecule has 1 N–H and O–H groups in total. The summed E-state index contributed by atoms with van der Waals surface area (Å²) in [6.45, 7) is 3.38. The first-order chi connectivity index (χ1) is 13.7. The van der Waals surface area contributed by atoms with Crippen LogP contribution in [0, 0.1) is 17.8 Å². The molecule has 2 rings (SSSR count). The third kappa shape index (κ3) is 7.42. The van der Waals surface area contributed by atoms with Crippen LogP contribution in [-0.4, -0.2) is 41.0 Å². The van der Waals surface area contributed by atoms with E-state index in [4.69, 9.17) is 19.6 Å². The van der Waals surface area contributed by atoms with Gasteiger partial charge in [0, 0.05) is 12.3 Å². The maximum Gasteiger partial charge on any atom is 0.408 e. The summed E-state index contributed by atoms with van der Waals surface area (Å²) in [6.07, 6.45) is 6.84. The summed E-state index contributed by atoms with van der Waals surface area (Å²) in [7, 11) is 0. The fourth-order valence-corrected chi connectivity index (χ4v) is 3.91. The molecule has 0 bridgehead atoms. The Labute approximate surface area is 171 Å². The Kier molecular flexibility index (Phi) is 8.61. The molecule has 2 fully saturated rings. The van der Waals surface area contributed by atoms with E-state index in [1.807, 2.05) is 0 Å². The molecule has 2 unspecified atom stereocenters. The standard InChI is InChI=1S/C21H32O8/c1-21(2,29-28-20(26)17(22)14-7-4-3-5-8-14)11-12-27-19(25)16-10-6-9-15(13-16)18(23)24/h14-16H,3-13H2,1-2H3,(H,23,24). The number of rotatable bonds is 9. The van der Waals surface area contributed by atoms with Gasteiger partial charge >= 0.3 is 17.9 Å². The molecule has 2 aliphatic carbocycles. The van der Waals surface area contributed by atoms with E-state index in [0.717, 1.165) is 19.3 Å². The topological polar surface area (TPSA) is 116 Å². The van der Waals surface area contributed by atoms with Crippen LogP contribution in [-0.2, 0) is 33.7 Å². The lowest BCUT2D eigenvalue weighted by Gasteiger charge is -2.26. The lowest BCUT2D eigenvalue weighted by molar-refractivity contribution is -0.324. The number of ketones is 1. The third-order valence-electron chi connectivity index (χ3n) is 5.83. The van der Waals surface area contributed by atoms with Gasteiger partial charge < -0.3 is 9.84 Å². The number of carbonyl (C=O) groups is 4. The van der Waals surface area contributed by atoms with E-state index in [1.165, 1.54) is 0 Å². The van der Waals surface area contributed by atoms with Gasteiger partial charge in [-0.05, 0) is 46.0 Å². The smallest absolute Gasteiger partial charge is 0.408 e. The van der Waals surface area contributed by atoms with Crippen molar-refractivity contribution in [3.63, 3.8) is 0 Å². The van der Waals surface area contributed by atoms with E-state index in [9.17, 15) is 19.2 Å². The van der Waals surface area contributed by atoms with Crippen molar-refractivity contribution in [1.82, 2.24) is 0 Å². The average Bonchev–Trinajstić information content (AvgIpc) is 2.72. The zero-order valence-electron chi connectivity index (χ0n) is 17.3. The lowest BCUT2D eigenvalue weighted by Crippen LogP contribution is -2.33. The second-order valence-electron chi connectivity index (χ2n) is 8.73. The minimum Gasteiger partial charge on any atom is -0.481 e. The molecule has 0 saturated heterocycles. The number of hydrogen-bond donors (Lipinski definition) is 1. The molecular weight excluding hydrogens is 380 g/mol. The van der Waals surface area contributed by atoms with Crippen LogP contribution in [0.4, 0.5) is 0 Å². The van der Waals surface area contributed by atoms with Crippen LogP contribution in [0.2, 0.25) is 0 Å². The summed E-state index contributed by atoms with van der Waals surface area (Å²) in [6, 6.07) is 0. The quantitative estimate of drug-likeness (QED) is 0.266. The van der Waals surface area contributed by atoms with Crippen molar-refractivity contribution in [2.75, 3.05) is 6.61 Å². The highest BCUT2D eigenvalue weighted by atomic mass is 17.2. The van der Waals surface area contributed by atoms with Gasteiger partial charge in [-0.3, -0.25) is 19.3 Å². The number of carbonyl (C=O) groups excluding carboxylic acids is 3. The maximum absolute atomic E-state index is 12.2. The van der Waals surface area contributed by atoms with Gasteiger partial charge in [-0.1, -0.05) is 25.7 Å². The van der Waals surface area contributed by atoms with Crippen LogP contribution in [0.5, 0.6) is 0 Å². The highest BCUT2D eigenvalue weighted by Crippen LogP contribution is 2.30. The summed E-state index contributed by atoms with van der Waals surface area (Å²) in [5, 5.41) is 9.11. The van der Waals surface area contributed by atoms with Crippen LogP contribution in [0.3, 0.4) is 0 Å². The van der Waals surface area contributed by atoms with Crippen LogP contribution in [0.25, 0.3) is 0 Å². The molecule has 0 aromatic heterocycles. The van der Waals surface area contributed by atoms with Gasteiger partial charge in [0.15, 0.2) is 0 Å². The number of carboxylic acids is 1. The van der Waals surface area contributed by atoms with Gasteiger partial charge in [0.05, 0.1) is 18.4 Å². The highest BCUT2D eigenvalue weighted by Gasteiger charge is 2.33. The van der Waals surface area contributed by atoms with Gasteiger partial charge in [0.2, 0.25) is 5.78 Å². The summed E-state index contributed by atoms with van der Waals surface area (Å²) in [4.78, 5) is 57.2. The molecule has 0 heterocycles. The van der Waals surface area contributed by atoms with Crippen molar-refractivity contribution in [1.29, 1.82) is 0 Å². The van der Waals surface area contributed by atoms with E-state index in [0.29, 0.717) is 38.5 Å². The predicted octanol–water partition coefficient (Wildman–Crippen LogP) is 3.21. The Morgan fingerprint density at radius 1 is 0.897 bits per heavy atom. The van der Waals surface area contributed by atoms with Crippen LogP contribution >= 0.6 is 0 Å². The Hall–Kier alpha value is -1.96. The number of hydrogen-bond acceptors (Lipinski definition) is 7. The van der Waals surface area contributed by atoms with E-state index in [-0.39, 0.29) is 18.9 Å². The Balaban J connectivity index is 1.69. The fraction of sp³-hybridized carbons (Fsp3) is 0.810. The van der Waals surface area contributed by atoms with Crippen LogP contribution in [0.1, 0.15) is 78.1 Å². The molecule has 8 nitrogen and oxygen atoms in total. The van der Waals surface area contributed by atoms with Gasteiger partial charge in [0.1, 0.15) is 5.60 Å². The number of ether oxygens (including phenoxy) is 1. The molecule has 0 amide bonds. The second-order valence-corrected chi connectivity index (χ2v) is 8.73. The molecule has 0 aromatic rings. The average molecular weight is 412 g/mol. The molecule has 8 heteroatoms. The lowest BCUT2D eigenvalue weighted by atomic mass is 9.81. The minimum atomic E-state index is -0.983. The number of aliphatic carboxylic acids is 1. The zero-order chi connectivity index (χ0) is 21.4. The predicted molar refractivity (Wildman–Crippen MR) is 101 cm³/mol. The summed E-state index contributed by atoms with van der Waals surface area (Å²) in [5.41, 5.74) is -0.932. The van der Waals surface area contributed by atoms with Crippen LogP contribution in [0.15, 0.2) is 0 Å². The Bertz CT molecular complexity index is 606. The van der Waals surface area contributed by atoms with Crippen molar-refractivity contribution >= 4 is 23.7 Å². The first-order valence-electron chi connectivity index (χ1n) is 10.5. The third-order valence-corrected chi connectivity index (χ3v) is 5.83. The van der Waals surface area contributed by atoms with Crippen LogP contribution < -0.4 is 0 Å². The Morgan fingerprint density at radius 3 is 2.17 bits per heavy atom. The minimum absolute atomic E-state index is 0.0498. The maximum atomic E-state index is 12.2. The van der Waals surface area contributed by atoms with Gasteiger partial charge in [0.25, 0.3) is 0 Å². The van der Waals surface area contributed by atoms with E-state index < -0.39 is 41.1 Å². The molecule has 0 radical (unpaired) electrons. The molecule has 2 saturated carbocycles. The first-order valence-corrected chi connectivity index (χ1v) is 10.5. The Morgan fingerprint density at radius 2 is 1.52 bits per heavy atom. The monoisotopic (exact) mass is 412 g/mol. The number of carboxylic acid groups (broad SMARTS) is 1. The summed E-state index contributed by atoms with van der Waals surface area (Å²) >= 11 is 0. The zero-order valence-corrected chi connectivity index (χ0v) is 17.3. The number of esters is 1. The van der Waals surface area contributed by atoms with Crippen molar-refractivity contribution in [3.05, 3.63) is 0 Å². The molecule has 2 atom stereocenters. The van der Waals surface area contributed by atoms with Crippen molar-refractivity contribution in [2.24, 2.45) is 17.8 Å². The van der Waals surface area contributed by atoms with E-state index >= 15 is 0 Å². The van der Waals surface area contributed by atoms with Crippen molar-refractivity contribution < 1.29 is 38.8 Å².